The highest BCUT2D eigenvalue weighted by molar-refractivity contribution is 6.40. The zero-order valence-corrected chi connectivity index (χ0v) is 7.90. The second-order valence-corrected chi connectivity index (χ2v) is 2.69. The quantitative estimate of drug-likeness (QED) is 0.608. The molecule has 0 aliphatic heterocycles. The Morgan fingerprint density at radius 1 is 1.53 bits per heavy atom. The van der Waals surface area contributed by atoms with Crippen LogP contribution in [-0.4, -0.2) is 33.0 Å². The minimum Gasteiger partial charge on any atom is -0.477 e. The first-order valence-corrected chi connectivity index (χ1v) is 4.17. The van der Waals surface area contributed by atoms with Crippen LogP contribution in [0.2, 0.25) is 0 Å². The van der Waals surface area contributed by atoms with Crippen molar-refractivity contribution in [1.82, 2.24) is 10.2 Å². The molecule has 0 bridgehead atoms. The maximum absolute atomic E-state index is 11.1. The normalized spacial score (nSPS) is 9.67. The van der Waals surface area contributed by atoms with E-state index in [0.717, 1.165) is 6.20 Å². The molecule has 0 aliphatic rings. The van der Waals surface area contributed by atoms with Crippen molar-refractivity contribution in [3.8, 4) is 0 Å². The fraction of sp³-hybridized carbons (Fsp3) is 0.250. The summed E-state index contributed by atoms with van der Waals surface area (Å²) in [4.78, 5) is 32.6. The Morgan fingerprint density at radius 3 is 2.73 bits per heavy atom. The van der Waals surface area contributed by atoms with Crippen molar-refractivity contribution >= 4 is 23.5 Å². The lowest BCUT2D eigenvalue weighted by Crippen LogP contribution is -2.23. The van der Waals surface area contributed by atoms with Crippen molar-refractivity contribution in [2.45, 2.75) is 13.3 Å². The van der Waals surface area contributed by atoms with Gasteiger partial charge in [-0.25, -0.2) is 4.79 Å². The van der Waals surface area contributed by atoms with E-state index >= 15 is 0 Å². The highest BCUT2D eigenvalue weighted by atomic mass is 16.4. The van der Waals surface area contributed by atoms with E-state index in [-0.39, 0.29) is 17.8 Å². The minimum atomic E-state index is -1.23. The van der Waals surface area contributed by atoms with Crippen LogP contribution in [0.25, 0.3) is 0 Å². The number of amides is 1. The number of carbonyl (C=O) groups excluding carboxylic acids is 2. The maximum Gasteiger partial charge on any atom is 0.341 e. The summed E-state index contributed by atoms with van der Waals surface area (Å²) >= 11 is 0. The van der Waals surface area contributed by atoms with E-state index in [1.807, 2.05) is 0 Å². The van der Waals surface area contributed by atoms with Gasteiger partial charge in [0.05, 0.1) is 6.20 Å². The number of ketones is 1. The van der Waals surface area contributed by atoms with Gasteiger partial charge >= 0.3 is 5.97 Å². The number of carboxylic acids is 1. The Morgan fingerprint density at radius 2 is 2.20 bits per heavy atom. The number of nitrogens with one attached hydrogen (secondary N) is 2. The molecule has 1 aromatic heterocycles. The predicted octanol–water partition coefficient (Wildman–Crippen LogP) is 0.0255. The van der Waals surface area contributed by atoms with Gasteiger partial charge < -0.3 is 10.4 Å². The number of hydrogen-bond donors (Lipinski definition) is 3. The lowest BCUT2D eigenvalue weighted by Gasteiger charge is -2.00. The molecule has 0 atom stereocenters. The molecule has 3 N–H and O–H groups in total. The number of nitrogens with zero attached hydrogens (tertiary/aromatic N) is 1. The number of aromatic carboxylic acids is 1. The monoisotopic (exact) mass is 211 g/mol. The summed E-state index contributed by atoms with van der Waals surface area (Å²) in [5.74, 6) is -2.80. The van der Waals surface area contributed by atoms with Crippen molar-refractivity contribution in [1.29, 1.82) is 0 Å². The van der Waals surface area contributed by atoms with Crippen molar-refractivity contribution < 1.29 is 19.5 Å². The highest BCUT2D eigenvalue weighted by Crippen LogP contribution is 2.10. The summed E-state index contributed by atoms with van der Waals surface area (Å²) in [5.41, 5.74) is -0.188. The fourth-order valence-electron chi connectivity index (χ4n) is 0.887. The summed E-state index contributed by atoms with van der Waals surface area (Å²) in [6.07, 6.45) is 1.11. The van der Waals surface area contributed by atoms with E-state index in [4.69, 9.17) is 5.11 Å². The third-order valence-electron chi connectivity index (χ3n) is 1.68. The molecule has 80 valence electrons. The van der Waals surface area contributed by atoms with Crippen molar-refractivity contribution in [2.24, 2.45) is 0 Å². The van der Waals surface area contributed by atoms with Crippen LogP contribution in [0.1, 0.15) is 23.7 Å². The van der Waals surface area contributed by atoms with E-state index in [9.17, 15) is 14.4 Å². The minimum absolute atomic E-state index is 0.0579. The number of Topliss-reactive ketones (excluding diaryl/α,β-unsaturated/α-hetero) is 1. The summed E-state index contributed by atoms with van der Waals surface area (Å²) in [7, 11) is 0. The Hall–Kier alpha value is -2.18. The van der Waals surface area contributed by atoms with Gasteiger partial charge in [0.25, 0.3) is 5.91 Å². The SMILES string of the molecule is CCC(=O)C(=O)Nc1[nH]ncc1C(=O)O. The van der Waals surface area contributed by atoms with Gasteiger partial charge in [-0.2, -0.15) is 5.10 Å². The first-order chi connectivity index (χ1) is 7.06. The Labute approximate surface area is 84.5 Å². The molecule has 0 saturated heterocycles. The molecular weight excluding hydrogens is 202 g/mol. The molecule has 1 aromatic rings. The van der Waals surface area contributed by atoms with Crippen LogP contribution in [0.5, 0.6) is 0 Å². The van der Waals surface area contributed by atoms with E-state index in [0.29, 0.717) is 0 Å². The van der Waals surface area contributed by atoms with Gasteiger partial charge in [0.2, 0.25) is 5.78 Å². The number of anilines is 1. The highest BCUT2D eigenvalue weighted by Gasteiger charge is 2.17. The summed E-state index contributed by atoms with van der Waals surface area (Å²) in [5, 5.41) is 16.5. The smallest absolute Gasteiger partial charge is 0.341 e. The van der Waals surface area contributed by atoms with Gasteiger partial charge in [0.1, 0.15) is 11.4 Å². The Kier molecular flexibility index (Phi) is 3.17. The zero-order chi connectivity index (χ0) is 11.4. The van der Waals surface area contributed by atoms with Crippen LogP contribution in [0.15, 0.2) is 6.20 Å². The molecule has 15 heavy (non-hydrogen) atoms. The molecule has 7 nitrogen and oxygen atoms in total. The number of hydrogen-bond acceptors (Lipinski definition) is 4. The largest absolute Gasteiger partial charge is 0.477 e. The summed E-state index contributed by atoms with van der Waals surface area (Å²) in [6.45, 7) is 1.53. The molecule has 0 aromatic carbocycles. The van der Waals surface area contributed by atoms with Gasteiger partial charge in [-0.3, -0.25) is 14.7 Å². The maximum atomic E-state index is 11.1. The zero-order valence-electron chi connectivity index (χ0n) is 7.90. The number of carbonyl (C=O) groups is 3. The molecule has 0 unspecified atom stereocenters. The predicted molar refractivity (Wildman–Crippen MR) is 49.5 cm³/mol. The number of carboxylic acid groups (broad SMARTS) is 1. The molecule has 0 saturated carbocycles. The third kappa shape index (κ3) is 2.39. The van der Waals surface area contributed by atoms with E-state index in [1.54, 1.807) is 0 Å². The van der Waals surface area contributed by atoms with E-state index in [2.05, 4.69) is 15.5 Å². The number of aromatic nitrogens is 2. The first kappa shape index (κ1) is 10.9. The lowest BCUT2D eigenvalue weighted by molar-refractivity contribution is -0.134. The van der Waals surface area contributed by atoms with Crippen LogP contribution >= 0.6 is 0 Å². The topological polar surface area (TPSA) is 112 Å². The van der Waals surface area contributed by atoms with Crippen LogP contribution < -0.4 is 5.32 Å². The van der Waals surface area contributed by atoms with Gasteiger partial charge in [-0.1, -0.05) is 6.92 Å². The molecule has 1 rings (SSSR count). The van der Waals surface area contributed by atoms with E-state index < -0.39 is 17.7 Å². The second kappa shape index (κ2) is 4.36. The number of aromatic amines is 1. The standard InChI is InChI=1S/C8H9N3O4/c1-2-5(12)7(13)10-6-4(8(14)15)3-9-11-6/h3H,2H2,1H3,(H,14,15)(H2,9,10,11,13). The lowest BCUT2D eigenvalue weighted by atomic mass is 10.3. The molecule has 0 fully saturated rings. The van der Waals surface area contributed by atoms with Crippen LogP contribution in [0, 0.1) is 0 Å². The van der Waals surface area contributed by atoms with E-state index in [1.165, 1.54) is 6.92 Å². The molecule has 0 radical (unpaired) electrons. The molecule has 7 heteroatoms. The van der Waals surface area contributed by atoms with Crippen molar-refractivity contribution in [2.75, 3.05) is 5.32 Å². The fourth-order valence-corrected chi connectivity index (χ4v) is 0.887. The molecule has 0 spiro atoms. The van der Waals surface area contributed by atoms with Gasteiger partial charge in [-0.15, -0.1) is 0 Å². The first-order valence-electron chi connectivity index (χ1n) is 4.17. The molecule has 1 amide bonds. The average Bonchev–Trinajstić information content (AvgIpc) is 2.64. The number of H-pyrrole nitrogens is 1. The average molecular weight is 211 g/mol. The van der Waals surface area contributed by atoms with Crippen LogP contribution in [0.3, 0.4) is 0 Å². The summed E-state index contributed by atoms with van der Waals surface area (Å²) in [6, 6.07) is 0. The Balaban J connectivity index is 2.81. The molecule has 0 aliphatic carbocycles. The molecular formula is C8H9N3O4. The number of rotatable bonds is 4. The van der Waals surface area contributed by atoms with Crippen LogP contribution in [-0.2, 0) is 9.59 Å². The summed E-state index contributed by atoms with van der Waals surface area (Å²) < 4.78 is 0. The van der Waals surface area contributed by atoms with Gasteiger partial charge in [-0.05, 0) is 0 Å². The molecule has 1 heterocycles. The van der Waals surface area contributed by atoms with Crippen LogP contribution in [0.4, 0.5) is 5.82 Å². The van der Waals surface area contributed by atoms with Crippen molar-refractivity contribution in [3.63, 3.8) is 0 Å². The Bertz CT molecular complexity index is 410. The third-order valence-corrected chi connectivity index (χ3v) is 1.68. The van der Waals surface area contributed by atoms with Gasteiger partial charge in [0, 0.05) is 6.42 Å². The van der Waals surface area contributed by atoms with Crippen molar-refractivity contribution in [3.05, 3.63) is 11.8 Å². The van der Waals surface area contributed by atoms with Gasteiger partial charge in [0.15, 0.2) is 0 Å². The second-order valence-electron chi connectivity index (χ2n) is 2.69.